The molecule has 1 aromatic rings. The fourth-order valence-electron chi connectivity index (χ4n) is 3.84. The summed E-state index contributed by atoms with van der Waals surface area (Å²) in [7, 11) is -0.951. The highest BCUT2D eigenvalue weighted by Gasteiger charge is 2.56. The number of rotatable bonds is 11. The lowest BCUT2D eigenvalue weighted by Crippen LogP contribution is -2.64. The molecule has 2 rings (SSSR count). The van der Waals surface area contributed by atoms with E-state index in [0.29, 0.717) is 12.2 Å². The van der Waals surface area contributed by atoms with Crippen LogP contribution in [-0.4, -0.2) is 81.5 Å². The zero-order valence-electron chi connectivity index (χ0n) is 25.7. The van der Waals surface area contributed by atoms with Crippen LogP contribution in [0.15, 0.2) is 24.3 Å². The highest BCUT2D eigenvalue weighted by Crippen LogP contribution is 2.37. The molecule has 0 aromatic heterocycles. The zero-order valence-corrected chi connectivity index (χ0v) is 26.7. The van der Waals surface area contributed by atoms with Crippen LogP contribution < -0.4 is 4.74 Å². The molecule has 0 bridgehead atoms. The number of carbonyl (C=O) groups excluding carboxylic acids is 4. The molecule has 1 aliphatic heterocycles. The largest absolute Gasteiger partial charge is 0.467 e. The van der Waals surface area contributed by atoms with Crippen LogP contribution in [0.5, 0.6) is 5.75 Å². The van der Waals surface area contributed by atoms with Crippen LogP contribution in [0.2, 0.25) is 18.1 Å². The number of ether oxygens (including phenoxy) is 6. The molecule has 1 heterocycles. The maximum Gasteiger partial charge on any atom is 0.339 e. The summed E-state index contributed by atoms with van der Waals surface area (Å²) in [6, 6.07) is 4.09. The molecule has 15 heteroatoms. The Morgan fingerprint density at radius 3 is 2.05 bits per heavy atom. The molecule has 0 N–H and O–H groups in total. The van der Waals surface area contributed by atoms with Gasteiger partial charge in [0.05, 0.1) is 18.6 Å². The van der Waals surface area contributed by atoms with Gasteiger partial charge in [-0.05, 0) is 29.8 Å². The molecule has 1 fully saturated rings. The van der Waals surface area contributed by atoms with Crippen LogP contribution in [0.3, 0.4) is 0 Å². The molecule has 5 atom stereocenters. The molecule has 14 nitrogen and oxygen atoms in total. The summed E-state index contributed by atoms with van der Waals surface area (Å²) in [5.41, 5.74) is -0.00228. The van der Waals surface area contributed by atoms with Gasteiger partial charge in [0.1, 0.15) is 0 Å². The van der Waals surface area contributed by atoms with Gasteiger partial charge in [-0.2, -0.15) is 0 Å². The van der Waals surface area contributed by atoms with Crippen LogP contribution in [0.1, 0.15) is 47.1 Å². The van der Waals surface area contributed by atoms with Gasteiger partial charge in [0.2, 0.25) is 12.4 Å². The standard InChI is InChI=1S/C28H39NO13Si/c1-16(30)38-22-23(39-17(2)31)25(40-18(3)32)27(42-24(22)26(33)36-7)41-21-13-12-19(15-20(21)29(34)35)11-10-14-37-43(8,9)28(4,5)6/h10-13,15,22-25,27H,14H2,1-9H3/t22-,23-,24-,25+,27+/m0/s1. The number of nitro groups is 1. The van der Waals surface area contributed by atoms with Crippen molar-refractivity contribution in [2.45, 2.75) is 90.4 Å². The molecule has 238 valence electrons. The molecule has 0 amide bonds. The Bertz CT molecular complexity index is 1240. The Kier molecular flexibility index (Phi) is 12.0. The van der Waals surface area contributed by atoms with E-state index in [-0.39, 0.29) is 10.8 Å². The number of esters is 4. The highest BCUT2D eigenvalue weighted by molar-refractivity contribution is 6.74. The molecule has 0 saturated carbocycles. The number of benzene rings is 1. The van der Waals surface area contributed by atoms with Crippen LogP contribution in [-0.2, 0) is 47.3 Å². The van der Waals surface area contributed by atoms with Crippen molar-refractivity contribution >= 4 is 44.0 Å². The SMILES string of the molecule is COC(=O)[C@H]1O[C@@H](Oc2ccc(C=CCO[Si](C)(C)C(C)(C)C)cc2[N+](=O)[O-])[C@H](OC(C)=O)[C@@H](OC(C)=O)[C@@H]1OC(C)=O. The minimum Gasteiger partial charge on any atom is -0.467 e. The number of nitro benzene ring substituents is 1. The number of hydrogen-bond acceptors (Lipinski definition) is 13. The van der Waals surface area contributed by atoms with Crippen molar-refractivity contribution in [1.82, 2.24) is 0 Å². The van der Waals surface area contributed by atoms with E-state index in [4.69, 9.17) is 32.8 Å². The third-order valence-electron chi connectivity index (χ3n) is 6.91. The second-order valence-corrected chi connectivity index (χ2v) is 16.1. The quantitative estimate of drug-likeness (QED) is 0.114. The Labute approximate surface area is 250 Å². The number of carbonyl (C=O) groups is 4. The Hall–Kier alpha value is -3.82. The molecule has 0 unspecified atom stereocenters. The van der Waals surface area contributed by atoms with E-state index in [1.54, 1.807) is 12.2 Å². The fraction of sp³-hybridized carbons (Fsp3) is 0.571. The van der Waals surface area contributed by atoms with Crippen LogP contribution in [0, 0.1) is 10.1 Å². The van der Waals surface area contributed by atoms with E-state index in [2.05, 4.69) is 33.9 Å². The maximum atomic E-state index is 12.6. The summed E-state index contributed by atoms with van der Waals surface area (Å²) < 4.78 is 38.1. The average molecular weight is 626 g/mol. The van der Waals surface area contributed by atoms with Gasteiger partial charge < -0.3 is 32.8 Å². The summed E-state index contributed by atoms with van der Waals surface area (Å²) in [6.07, 6.45) is -4.85. The number of methoxy groups -OCH3 is 1. The van der Waals surface area contributed by atoms with Crippen molar-refractivity contribution in [3.63, 3.8) is 0 Å². The normalized spacial score (nSPS) is 22.4. The molecule has 1 saturated heterocycles. The van der Waals surface area contributed by atoms with Gasteiger partial charge in [-0.15, -0.1) is 0 Å². The van der Waals surface area contributed by atoms with Gasteiger partial charge in [-0.1, -0.05) is 39.0 Å². The average Bonchev–Trinajstić information content (AvgIpc) is 2.88. The predicted octanol–water partition coefficient (Wildman–Crippen LogP) is 3.70. The summed E-state index contributed by atoms with van der Waals surface area (Å²) in [5.74, 6) is -3.95. The smallest absolute Gasteiger partial charge is 0.339 e. The fourth-order valence-corrected chi connectivity index (χ4v) is 4.78. The van der Waals surface area contributed by atoms with Crippen molar-refractivity contribution in [2.24, 2.45) is 0 Å². The molecule has 1 aliphatic rings. The lowest BCUT2D eigenvalue weighted by molar-refractivity contribution is -0.387. The highest BCUT2D eigenvalue weighted by atomic mass is 28.4. The van der Waals surface area contributed by atoms with Gasteiger partial charge >= 0.3 is 29.6 Å². The van der Waals surface area contributed by atoms with Crippen molar-refractivity contribution in [1.29, 1.82) is 0 Å². The van der Waals surface area contributed by atoms with E-state index < -0.39 is 73.5 Å². The topological polar surface area (TPSA) is 176 Å². The van der Waals surface area contributed by atoms with Gasteiger partial charge in [0, 0.05) is 26.8 Å². The lowest BCUT2D eigenvalue weighted by atomic mass is 9.97. The number of nitrogens with zero attached hydrogens (tertiary/aromatic N) is 1. The van der Waals surface area contributed by atoms with E-state index in [9.17, 15) is 29.3 Å². The Balaban J connectivity index is 2.46. The summed E-state index contributed by atoms with van der Waals surface area (Å²) in [5, 5.41) is 12.0. The molecule has 0 aliphatic carbocycles. The van der Waals surface area contributed by atoms with Crippen LogP contribution in [0.4, 0.5) is 5.69 Å². The summed E-state index contributed by atoms with van der Waals surface area (Å²) in [6.45, 7) is 14.0. The minimum atomic E-state index is -1.99. The predicted molar refractivity (Wildman–Crippen MR) is 153 cm³/mol. The van der Waals surface area contributed by atoms with E-state index in [0.717, 1.165) is 27.9 Å². The van der Waals surface area contributed by atoms with E-state index in [1.807, 2.05) is 0 Å². The third kappa shape index (κ3) is 9.59. The Morgan fingerprint density at radius 1 is 0.977 bits per heavy atom. The lowest BCUT2D eigenvalue weighted by Gasteiger charge is -2.42. The molecule has 0 spiro atoms. The Morgan fingerprint density at radius 2 is 1.53 bits per heavy atom. The van der Waals surface area contributed by atoms with Crippen LogP contribution in [0.25, 0.3) is 6.08 Å². The van der Waals surface area contributed by atoms with Crippen molar-refractivity contribution in [3.05, 3.63) is 40.0 Å². The summed E-state index contributed by atoms with van der Waals surface area (Å²) >= 11 is 0. The van der Waals surface area contributed by atoms with E-state index in [1.165, 1.54) is 18.2 Å². The zero-order chi connectivity index (χ0) is 32.7. The summed E-state index contributed by atoms with van der Waals surface area (Å²) in [4.78, 5) is 59.8. The molecule has 0 radical (unpaired) electrons. The third-order valence-corrected chi connectivity index (χ3v) is 11.4. The van der Waals surface area contributed by atoms with Gasteiger partial charge in [-0.3, -0.25) is 24.5 Å². The first kappa shape index (κ1) is 35.4. The second kappa shape index (κ2) is 14.6. The van der Waals surface area contributed by atoms with Gasteiger partial charge in [-0.25, -0.2) is 4.79 Å². The first-order chi connectivity index (χ1) is 19.9. The first-order valence-electron chi connectivity index (χ1n) is 13.4. The first-order valence-corrected chi connectivity index (χ1v) is 16.3. The molecular formula is C28H39NO13Si. The number of hydrogen-bond donors (Lipinski definition) is 0. The molecule has 1 aromatic carbocycles. The minimum absolute atomic E-state index is 0.0172. The molecule has 43 heavy (non-hydrogen) atoms. The van der Waals surface area contributed by atoms with Gasteiger partial charge in [0.15, 0.2) is 32.4 Å². The van der Waals surface area contributed by atoms with Crippen molar-refractivity contribution in [3.8, 4) is 5.75 Å². The van der Waals surface area contributed by atoms with E-state index >= 15 is 0 Å². The van der Waals surface area contributed by atoms with Crippen LogP contribution >= 0.6 is 0 Å². The molecular weight excluding hydrogens is 586 g/mol. The van der Waals surface area contributed by atoms with Crippen molar-refractivity contribution in [2.75, 3.05) is 13.7 Å². The maximum absolute atomic E-state index is 12.6. The monoisotopic (exact) mass is 625 g/mol. The van der Waals surface area contributed by atoms with Gasteiger partial charge in [0.25, 0.3) is 0 Å². The second-order valence-electron chi connectivity index (χ2n) is 11.2. The van der Waals surface area contributed by atoms with Crippen molar-refractivity contribution < 1.29 is 56.9 Å².